The minimum atomic E-state index is -4.01. The number of halogens is 1. The number of sulfonamides is 1. The summed E-state index contributed by atoms with van der Waals surface area (Å²) in [5.41, 5.74) is 1.24. The number of nitrogens with one attached hydrogen (secondary N) is 2. The lowest BCUT2D eigenvalue weighted by Crippen LogP contribution is -2.15. The summed E-state index contributed by atoms with van der Waals surface area (Å²) >= 11 is 0. The van der Waals surface area contributed by atoms with Gasteiger partial charge in [0.1, 0.15) is 11.6 Å². The monoisotopic (exact) mass is 496 g/mol. The third-order valence-electron chi connectivity index (χ3n) is 4.91. The number of ether oxygens (including phenoxy) is 1. The van der Waals surface area contributed by atoms with Crippen LogP contribution in [0.4, 0.5) is 15.8 Å². The highest BCUT2D eigenvalue weighted by molar-refractivity contribution is 7.92. The number of aromatic nitrogens is 2. The maximum absolute atomic E-state index is 13.2. The molecule has 35 heavy (non-hydrogen) atoms. The smallest absolute Gasteiger partial charge is 0.262 e. The van der Waals surface area contributed by atoms with Crippen LogP contribution in [0.15, 0.2) is 82.1 Å². The second kappa shape index (κ2) is 10.3. The van der Waals surface area contributed by atoms with Crippen molar-refractivity contribution in [3.63, 3.8) is 0 Å². The van der Waals surface area contributed by atoms with Crippen molar-refractivity contribution in [1.29, 1.82) is 0 Å². The van der Waals surface area contributed by atoms with Gasteiger partial charge in [-0.15, -0.1) is 10.2 Å². The number of hydrogen-bond acceptors (Lipinski definition) is 7. The average Bonchev–Trinajstić information content (AvgIpc) is 3.33. The van der Waals surface area contributed by atoms with Crippen molar-refractivity contribution in [2.24, 2.45) is 0 Å². The van der Waals surface area contributed by atoms with Crippen molar-refractivity contribution in [1.82, 2.24) is 10.2 Å². The molecule has 0 unspecified atom stereocenters. The predicted octanol–water partition coefficient (Wildman–Crippen LogP) is 4.26. The summed E-state index contributed by atoms with van der Waals surface area (Å²) in [5, 5.41) is 10.7. The summed E-state index contributed by atoms with van der Waals surface area (Å²) in [6, 6.07) is 18.2. The largest absolute Gasteiger partial charge is 0.495 e. The van der Waals surface area contributed by atoms with E-state index >= 15 is 0 Å². The van der Waals surface area contributed by atoms with Crippen LogP contribution in [0.25, 0.3) is 11.5 Å². The van der Waals surface area contributed by atoms with Gasteiger partial charge in [0, 0.05) is 24.1 Å². The van der Waals surface area contributed by atoms with Gasteiger partial charge in [-0.2, -0.15) is 0 Å². The number of nitrogens with zero attached hydrogens (tertiary/aromatic N) is 2. The molecule has 4 rings (SSSR count). The van der Waals surface area contributed by atoms with E-state index in [4.69, 9.17) is 9.15 Å². The Labute approximate surface area is 201 Å². The fourth-order valence-electron chi connectivity index (χ4n) is 3.18. The van der Waals surface area contributed by atoms with Gasteiger partial charge in [0.25, 0.3) is 10.0 Å². The van der Waals surface area contributed by atoms with Gasteiger partial charge in [-0.3, -0.25) is 9.52 Å². The topological polar surface area (TPSA) is 123 Å². The molecule has 1 heterocycles. The Hall–Kier alpha value is -4.25. The van der Waals surface area contributed by atoms with E-state index in [1.54, 1.807) is 6.07 Å². The van der Waals surface area contributed by atoms with Crippen molar-refractivity contribution in [3.8, 4) is 17.2 Å². The quantitative estimate of drug-likeness (QED) is 0.355. The van der Waals surface area contributed by atoms with E-state index in [9.17, 15) is 17.6 Å². The van der Waals surface area contributed by atoms with Gasteiger partial charge >= 0.3 is 0 Å². The summed E-state index contributed by atoms with van der Waals surface area (Å²) in [7, 11) is -2.63. The highest BCUT2D eigenvalue weighted by Gasteiger charge is 2.18. The normalized spacial score (nSPS) is 11.1. The minimum absolute atomic E-state index is 0.0685. The van der Waals surface area contributed by atoms with Crippen LogP contribution in [0.3, 0.4) is 0 Å². The summed E-state index contributed by atoms with van der Waals surface area (Å²) < 4.78 is 51.7. The van der Waals surface area contributed by atoms with Gasteiger partial charge in [-0.25, -0.2) is 12.8 Å². The standard InChI is InChI=1S/C24H21FN4O5S/c1-33-21-12-9-18(15-20(21)29-35(31,32)19-10-7-17(25)8-11-19)26-22(30)13-14-23-27-28-24(34-23)16-5-3-2-4-6-16/h2-12,15,29H,13-14H2,1H3,(H,26,30). The number of aryl methyl sites for hydroxylation is 1. The number of amides is 1. The van der Waals surface area contributed by atoms with E-state index in [1.807, 2.05) is 30.3 Å². The Bertz CT molecular complexity index is 1420. The average molecular weight is 497 g/mol. The van der Waals surface area contributed by atoms with Crippen molar-refractivity contribution < 1.29 is 26.8 Å². The molecule has 2 N–H and O–H groups in total. The maximum Gasteiger partial charge on any atom is 0.262 e. The Kier molecular flexibility index (Phi) is 7.06. The number of hydrogen-bond donors (Lipinski definition) is 2. The molecule has 0 spiro atoms. The van der Waals surface area contributed by atoms with E-state index in [2.05, 4.69) is 20.2 Å². The summed E-state index contributed by atoms with van der Waals surface area (Å²) in [6.07, 6.45) is 0.297. The number of benzene rings is 3. The first-order valence-electron chi connectivity index (χ1n) is 10.5. The predicted molar refractivity (Wildman–Crippen MR) is 127 cm³/mol. The molecule has 3 aromatic carbocycles. The Morgan fingerprint density at radius 1 is 1.03 bits per heavy atom. The lowest BCUT2D eigenvalue weighted by atomic mass is 10.2. The van der Waals surface area contributed by atoms with Crippen LogP contribution < -0.4 is 14.8 Å². The molecule has 0 atom stereocenters. The van der Waals surface area contributed by atoms with Gasteiger partial charge in [-0.05, 0) is 54.6 Å². The van der Waals surface area contributed by atoms with E-state index in [0.29, 0.717) is 17.5 Å². The Morgan fingerprint density at radius 2 is 1.77 bits per heavy atom. The third kappa shape index (κ3) is 6.01. The van der Waals surface area contributed by atoms with E-state index in [1.165, 1.54) is 19.2 Å². The van der Waals surface area contributed by atoms with Crippen LogP contribution in [-0.2, 0) is 21.2 Å². The zero-order valence-electron chi connectivity index (χ0n) is 18.6. The van der Waals surface area contributed by atoms with Gasteiger partial charge in [0.05, 0.1) is 17.7 Å². The van der Waals surface area contributed by atoms with Crippen LogP contribution in [0, 0.1) is 5.82 Å². The second-order valence-corrected chi connectivity index (χ2v) is 9.07. The SMILES string of the molecule is COc1ccc(NC(=O)CCc2nnc(-c3ccccc3)o2)cc1NS(=O)(=O)c1ccc(F)cc1. The Balaban J connectivity index is 1.41. The molecule has 0 saturated carbocycles. The van der Waals surface area contributed by atoms with Gasteiger partial charge in [0.2, 0.25) is 17.7 Å². The summed E-state index contributed by atoms with van der Waals surface area (Å²) in [4.78, 5) is 12.3. The fraction of sp³-hybridized carbons (Fsp3) is 0.125. The number of anilines is 2. The van der Waals surface area contributed by atoms with Crippen LogP contribution in [0.5, 0.6) is 5.75 Å². The molecule has 1 aromatic heterocycles. The molecule has 1 amide bonds. The molecule has 0 aliphatic heterocycles. The van der Waals surface area contributed by atoms with Gasteiger partial charge in [0.15, 0.2) is 0 Å². The summed E-state index contributed by atoms with van der Waals surface area (Å²) in [5.74, 6) is 0.0498. The Morgan fingerprint density at radius 3 is 2.49 bits per heavy atom. The highest BCUT2D eigenvalue weighted by Crippen LogP contribution is 2.30. The first kappa shape index (κ1) is 23.9. The van der Waals surface area contributed by atoms with Gasteiger partial charge < -0.3 is 14.5 Å². The molecule has 9 nitrogen and oxygen atoms in total. The van der Waals surface area contributed by atoms with Gasteiger partial charge in [-0.1, -0.05) is 18.2 Å². The molecular weight excluding hydrogens is 475 g/mol. The molecule has 0 fully saturated rings. The molecule has 0 saturated heterocycles. The summed E-state index contributed by atoms with van der Waals surface area (Å²) in [6.45, 7) is 0. The number of methoxy groups -OCH3 is 1. The van der Waals surface area contributed by atoms with Crippen LogP contribution in [0.1, 0.15) is 12.3 Å². The van der Waals surface area contributed by atoms with E-state index < -0.39 is 15.8 Å². The molecule has 0 bridgehead atoms. The van der Waals surface area contributed by atoms with Crippen molar-refractivity contribution in [2.75, 3.05) is 17.1 Å². The third-order valence-corrected chi connectivity index (χ3v) is 6.29. The minimum Gasteiger partial charge on any atom is -0.495 e. The zero-order chi connectivity index (χ0) is 24.8. The van der Waals surface area contributed by atoms with Crippen molar-refractivity contribution in [3.05, 3.63) is 84.5 Å². The lowest BCUT2D eigenvalue weighted by Gasteiger charge is -2.14. The van der Waals surface area contributed by atoms with Crippen LogP contribution >= 0.6 is 0 Å². The number of carbonyl (C=O) groups is 1. The van der Waals surface area contributed by atoms with Crippen LogP contribution in [0.2, 0.25) is 0 Å². The van der Waals surface area contributed by atoms with Crippen molar-refractivity contribution in [2.45, 2.75) is 17.7 Å². The molecular formula is C24H21FN4O5S. The zero-order valence-corrected chi connectivity index (χ0v) is 19.4. The van der Waals surface area contributed by atoms with E-state index in [0.717, 1.165) is 29.8 Å². The second-order valence-electron chi connectivity index (χ2n) is 7.39. The molecule has 4 aromatic rings. The lowest BCUT2D eigenvalue weighted by molar-refractivity contribution is -0.116. The molecule has 0 aliphatic rings. The first-order chi connectivity index (χ1) is 16.8. The fourth-order valence-corrected chi connectivity index (χ4v) is 4.24. The number of carbonyl (C=O) groups excluding carboxylic acids is 1. The van der Waals surface area contributed by atoms with Crippen molar-refractivity contribution >= 4 is 27.3 Å². The van der Waals surface area contributed by atoms with E-state index in [-0.39, 0.29) is 35.1 Å². The highest BCUT2D eigenvalue weighted by atomic mass is 32.2. The number of rotatable bonds is 9. The molecule has 0 radical (unpaired) electrons. The first-order valence-corrected chi connectivity index (χ1v) is 12.0. The molecule has 11 heteroatoms. The molecule has 180 valence electrons. The molecule has 0 aliphatic carbocycles. The maximum atomic E-state index is 13.2. The van der Waals surface area contributed by atoms with Crippen LogP contribution in [-0.4, -0.2) is 31.6 Å².